The average Bonchev–Trinajstić information content (AvgIpc) is 2.61. The summed E-state index contributed by atoms with van der Waals surface area (Å²) in [5.41, 5.74) is 1.64. The summed E-state index contributed by atoms with van der Waals surface area (Å²) < 4.78 is 10.5. The van der Waals surface area contributed by atoms with E-state index in [1.807, 2.05) is 24.3 Å². The second-order valence-corrected chi connectivity index (χ2v) is 6.48. The first-order valence-corrected chi connectivity index (χ1v) is 8.64. The van der Waals surface area contributed by atoms with Gasteiger partial charge in [-0.05, 0) is 49.4 Å². The molecule has 0 saturated carbocycles. The number of ether oxygens (including phenoxy) is 2. The second-order valence-electron chi connectivity index (χ2n) is 6.48. The summed E-state index contributed by atoms with van der Waals surface area (Å²) in [5, 5.41) is 1.04. The molecule has 2 aromatic rings. The number of nitrogens with one attached hydrogen (secondary N) is 1. The molecule has 0 spiro atoms. The molecule has 1 atom stereocenters. The first-order valence-electron chi connectivity index (χ1n) is 8.64. The molecule has 5 nitrogen and oxygen atoms in total. The van der Waals surface area contributed by atoms with Gasteiger partial charge in [-0.15, -0.1) is 0 Å². The molecule has 0 bridgehead atoms. The fourth-order valence-corrected chi connectivity index (χ4v) is 3.54. The van der Waals surface area contributed by atoms with Crippen LogP contribution in [0.5, 0.6) is 5.75 Å². The fraction of sp³-hybridized carbons (Fsp3) is 0.526. The highest BCUT2D eigenvalue weighted by Crippen LogP contribution is 2.23. The van der Waals surface area contributed by atoms with Crippen molar-refractivity contribution in [3.05, 3.63) is 40.2 Å². The molecule has 5 heteroatoms. The summed E-state index contributed by atoms with van der Waals surface area (Å²) in [6, 6.07) is 8.29. The van der Waals surface area contributed by atoms with Gasteiger partial charge < -0.3 is 14.5 Å². The standard InChI is InChI=1S/C19H26N2O3/c1-23-10-8-16-5-3-4-9-21(16)13-15-11-14-6-7-17(24-2)12-18(14)20-19(15)22/h6-7,11-12,16H,3-5,8-10,13H2,1-2H3,(H,20,22). The highest BCUT2D eigenvalue weighted by atomic mass is 16.5. The van der Waals surface area contributed by atoms with Crippen LogP contribution in [-0.2, 0) is 11.3 Å². The van der Waals surface area contributed by atoms with E-state index in [2.05, 4.69) is 9.88 Å². The van der Waals surface area contributed by atoms with Crippen LogP contribution in [-0.4, -0.2) is 43.3 Å². The van der Waals surface area contributed by atoms with Crippen LogP contribution in [0.1, 0.15) is 31.2 Å². The van der Waals surface area contributed by atoms with Gasteiger partial charge in [0.05, 0.1) is 12.6 Å². The van der Waals surface area contributed by atoms with Gasteiger partial charge in [-0.1, -0.05) is 6.42 Å². The van der Waals surface area contributed by atoms with Gasteiger partial charge in [0.25, 0.3) is 5.56 Å². The zero-order chi connectivity index (χ0) is 16.9. The predicted octanol–water partition coefficient (Wildman–Crippen LogP) is 2.93. The number of fused-ring (bicyclic) bond motifs is 1. The molecule has 0 aliphatic carbocycles. The van der Waals surface area contributed by atoms with E-state index in [9.17, 15) is 4.79 Å². The SMILES string of the molecule is COCCC1CCCCN1Cc1cc2ccc(OC)cc2[nH]c1=O. The average molecular weight is 330 g/mol. The summed E-state index contributed by atoms with van der Waals surface area (Å²) in [6.45, 7) is 2.52. The molecule has 2 heterocycles. The third kappa shape index (κ3) is 3.79. The van der Waals surface area contributed by atoms with Crippen molar-refractivity contribution in [2.45, 2.75) is 38.3 Å². The number of rotatable bonds is 6. The number of aromatic nitrogens is 1. The molecule has 1 aliphatic heterocycles. The predicted molar refractivity (Wildman–Crippen MR) is 95.7 cm³/mol. The number of piperidine rings is 1. The van der Waals surface area contributed by atoms with Crippen molar-refractivity contribution in [2.24, 2.45) is 0 Å². The van der Waals surface area contributed by atoms with Crippen molar-refractivity contribution < 1.29 is 9.47 Å². The second kappa shape index (κ2) is 7.81. The highest BCUT2D eigenvalue weighted by Gasteiger charge is 2.23. The van der Waals surface area contributed by atoms with Crippen molar-refractivity contribution in [3.8, 4) is 5.75 Å². The third-order valence-corrected chi connectivity index (χ3v) is 4.91. The number of aromatic amines is 1. The summed E-state index contributed by atoms with van der Waals surface area (Å²) in [5.74, 6) is 0.751. The monoisotopic (exact) mass is 330 g/mol. The molecule has 1 aliphatic rings. The zero-order valence-corrected chi connectivity index (χ0v) is 14.5. The highest BCUT2D eigenvalue weighted by molar-refractivity contribution is 5.80. The van der Waals surface area contributed by atoms with Gasteiger partial charge in [-0.2, -0.15) is 0 Å². The molecule has 3 rings (SSSR count). The van der Waals surface area contributed by atoms with E-state index in [1.165, 1.54) is 19.3 Å². The van der Waals surface area contributed by atoms with E-state index in [1.54, 1.807) is 14.2 Å². The maximum absolute atomic E-state index is 12.5. The van der Waals surface area contributed by atoms with Crippen LogP contribution in [0, 0.1) is 0 Å². The van der Waals surface area contributed by atoms with Crippen molar-refractivity contribution in [3.63, 3.8) is 0 Å². The molecule has 1 fully saturated rings. The molecule has 1 unspecified atom stereocenters. The first-order chi connectivity index (χ1) is 11.7. The number of methoxy groups -OCH3 is 2. The van der Waals surface area contributed by atoms with E-state index in [4.69, 9.17) is 9.47 Å². The number of nitrogens with zero attached hydrogens (tertiary/aromatic N) is 1. The number of pyridine rings is 1. The van der Waals surface area contributed by atoms with Crippen molar-refractivity contribution >= 4 is 10.9 Å². The van der Waals surface area contributed by atoms with Crippen LogP contribution >= 0.6 is 0 Å². The van der Waals surface area contributed by atoms with Crippen molar-refractivity contribution in [2.75, 3.05) is 27.4 Å². The number of likely N-dealkylation sites (tertiary alicyclic amines) is 1. The summed E-state index contributed by atoms with van der Waals surface area (Å²) in [6.07, 6.45) is 4.68. The smallest absolute Gasteiger partial charge is 0.252 e. The molecular weight excluding hydrogens is 304 g/mol. The van der Waals surface area contributed by atoms with E-state index in [-0.39, 0.29) is 5.56 Å². The molecule has 0 radical (unpaired) electrons. The molecule has 0 amide bonds. The molecule has 1 saturated heterocycles. The molecule has 1 aromatic carbocycles. The van der Waals surface area contributed by atoms with Gasteiger partial charge in [-0.3, -0.25) is 9.69 Å². The van der Waals surface area contributed by atoms with Crippen LogP contribution in [0.25, 0.3) is 10.9 Å². The first kappa shape index (κ1) is 17.0. The Labute approximate surface area is 142 Å². The Hall–Kier alpha value is -1.85. The van der Waals surface area contributed by atoms with Gasteiger partial charge in [0, 0.05) is 37.9 Å². The minimum atomic E-state index is -0.00758. The normalized spacial score (nSPS) is 18.8. The Kier molecular flexibility index (Phi) is 5.53. The lowest BCUT2D eigenvalue weighted by atomic mass is 9.99. The Balaban J connectivity index is 1.83. The molecule has 24 heavy (non-hydrogen) atoms. The maximum atomic E-state index is 12.5. The lowest BCUT2D eigenvalue weighted by Gasteiger charge is -2.35. The summed E-state index contributed by atoms with van der Waals surface area (Å²) in [7, 11) is 3.37. The van der Waals surface area contributed by atoms with E-state index < -0.39 is 0 Å². The quantitative estimate of drug-likeness (QED) is 0.885. The molecular formula is C19H26N2O3. The van der Waals surface area contributed by atoms with E-state index in [0.29, 0.717) is 12.6 Å². The van der Waals surface area contributed by atoms with Gasteiger partial charge in [0.1, 0.15) is 5.75 Å². The number of benzene rings is 1. The third-order valence-electron chi connectivity index (χ3n) is 4.91. The maximum Gasteiger partial charge on any atom is 0.252 e. The van der Waals surface area contributed by atoms with Gasteiger partial charge >= 0.3 is 0 Å². The van der Waals surface area contributed by atoms with Gasteiger partial charge in [-0.25, -0.2) is 0 Å². The zero-order valence-electron chi connectivity index (χ0n) is 14.5. The number of H-pyrrole nitrogens is 1. The topological polar surface area (TPSA) is 54.6 Å². The molecule has 130 valence electrons. The minimum absolute atomic E-state index is 0.00758. The number of hydrogen-bond acceptors (Lipinski definition) is 4. The largest absolute Gasteiger partial charge is 0.497 e. The molecule has 1 N–H and O–H groups in total. The van der Waals surface area contributed by atoms with E-state index in [0.717, 1.165) is 41.8 Å². The van der Waals surface area contributed by atoms with Crippen LogP contribution < -0.4 is 10.3 Å². The Morgan fingerprint density at radius 2 is 2.12 bits per heavy atom. The lowest BCUT2D eigenvalue weighted by molar-refractivity contribution is 0.0971. The molecule has 1 aromatic heterocycles. The summed E-state index contributed by atoms with van der Waals surface area (Å²) >= 11 is 0. The lowest BCUT2D eigenvalue weighted by Crippen LogP contribution is -2.40. The van der Waals surface area contributed by atoms with E-state index >= 15 is 0 Å². The Bertz CT molecular complexity index is 741. The Morgan fingerprint density at radius 3 is 2.92 bits per heavy atom. The van der Waals surface area contributed by atoms with Crippen LogP contribution in [0.2, 0.25) is 0 Å². The van der Waals surface area contributed by atoms with Crippen molar-refractivity contribution in [1.82, 2.24) is 9.88 Å². The van der Waals surface area contributed by atoms with Crippen molar-refractivity contribution in [1.29, 1.82) is 0 Å². The number of hydrogen-bond donors (Lipinski definition) is 1. The van der Waals surface area contributed by atoms with Crippen LogP contribution in [0.4, 0.5) is 0 Å². The van der Waals surface area contributed by atoms with Crippen LogP contribution in [0.15, 0.2) is 29.1 Å². The summed E-state index contributed by atoms with van der Waals surface area (Å²) in [4.78, 5) is 17.9. The minimum Gasteiger partial charge on any atom is -0.497 e. The fourth-order valence-electron chi connectivity index (χ4n) is 3.54. The van der Waals surface area contributed by atoms with Gasteiger partial charge in [0.2, 0.25) is 0 Å². The van der Waals surface area contributed by atoms with Crippen LogP contribution in [0.3, 0.4) is 0 Å². The Morgan fingerprint density at radius 1 is 1.25 bits per heavy atom. The van der Waals surface area contributed by atoms with Gasteiger partial charge in [0.15, 0.2) is 0 Å².